The molecule has 0 spiro atoms. The van der Waals surface area contributed by atoms with Crippen molar-refractivity contribution in [2.24, 2.45) is 5.92 Å². The van der Waals surface area contributed by atoms with Crippen molar-refractivity contribution in [3.05, 3.63) is 23.7 Å². The van der Waals surface area contributed by atoms with Crippen molar-refractivity contribution in [3.63, 3.8) is 0 Å². The molecule has 0 bridgehead atoms. The normalized spacial score (nSPS) is 19.1. The Morgan fingerprint density at radius 1 is 1.32 bits per heavy atom. The molecule has 1 aliphatic rings. The number of aliphatic hydroxyl groups is 2. The van der Waals surface area contributed by atoms with E-state index in [2.05, 4.69) is 4.74 Å². The Morgan fingerprint density at radius 2 is 1.79 bits per heavy atom. The maximum Gasteiger partial charge on any atom is 0.312 e. The number of rotatable bonds is 2. The first-order chi connectivity index (χ1) is 8.49. The number of esters is 1. The maximum absolute atomic E-state index is 10.9. The van der Waals surface area contributed by atoms with Gasteiger partial charge in [0.25, 0.3) is 0 Å². The summed E-state index contributed by atoms with van der Waals surface area (Å²) in [5.41, 5.74) is -1.30. The molecule has 0 saturated carbocycles. The Hall–Kier alpha value is -1.07. The fraction of sp³-hybridized carbons (Fsp3) is 0.643. The summed E-state index contributed by atoms with van der Waals surface area (Å²) in [5.74, 6) is -0.350. The topological polar surface area (TPSA) is 66.8 Å². The third-order valence-electron chi connectivity index (χ3n) is 3.13. The molecule has 106 valence electrons. The molecule has 0 heterocycles. The predicted octanol–water partition coefficient (Wildman–Crippen LogP) is 1.32. The number of methoxy groups -OCH3 is 1. The van der Waals surface area contributed by atoms with Gasteiger partial charge in [-0.1, -0.05) is 18.2 Å². The standard InChI is InChI=1S/C8H9BO2.C6H14O2/c1-11-8(10)6-2-4-7(9)5-3-6;1-5(2,7)6(3,4)8/h2,4-6H,3H2,1H3;7-8H,1-4H3. The van der Waals surface area contributed by atoms with Crippen LogP contribution in [0.2, 0.25) is 0 Å². The molecule has 19 heavy (non-hydrogen) atoms. The molecule has 0 saturated heterocycles. The summed E-state index contributed by atoms with van der Waals surface area (Å²) in [4.78, 5) is 10.9. The van der Waals surface area contributed by atoms with E-state index in [1.165, 1.54) is 7.11 Å². The Kier molecular flexibility index (Phi) is 6.53. The van der Waals surface area contributed by atoms with Crippen molar-refractivity contribution in [3.8, 4) is 0 Å². The lowest BCUT2D eigenvalue weighted by Gasteiger charge is -2.31. The van der Waals surface area contributed by atoms with Gasteiger partial charge in [-0.2, -0.15) is 0 Å². The molecule has 5 heteroatoms. The first-order valence-electron chi connectivity index (χ1n) is 6.15. The largest absolute Gasteiger partial charge is 0.469 e. The Labute approximate surface area is 116 Å². The van der Waals surface area contributed by atoms with Gasteiger partial charge in [0.15, 0.2) is 0 Å². The van der Waals surface area contributed by atoms with Crippen LogP contribution >= 0.6 is 0 Å². The van der Waals surface area contributed by atoms with E-state index in [0.717, 1.165) is 0 Å². The first kappa shape index (κ1) is 17.9. The summed E-state index contributed by atoms with van der Waals surface area (Å²) >= 11 is 0. The third-order valence-corrected chi connectivity index (χ3v) is 3.13. The van der Waals surface area contributed by atoms with Crippen LogP contribution in [0.1, 0.15) is 34.1 Å². The molecule has 1 aliphatic carbocycles. The van der Waals surface area contributed by atoms with E-state index >= 15 is 0 Å². The van der Waals surface area contributed by atoms with Crippen LogP contribution in [0.4, 0.5) is 0 Å². The lowest BCUT2D eigenvalue weighted by atomic mass is 9.87. The van der Waals surface area contributed by atoms with Crippen LogP contribution in [0, 0.1) is 5.92 Å². The molecule has 0 amide bonds. The van der Waals surface area contributed by atoms with Gasteiger partial charge in [0.2, 0.25) is 0 Å². The average molecular weight is 266 g/mol. The average Bonchev–Trinajstić information content (AvgIpc) is 2.27. The summed E-state index contributed by atoms with van der Waals surface area (Å²) in [6.45, 7) is 6.31. The van der Waals surface area contributed by atoms with Gasteiger partial charge in [0.05, 0.1) is 24.2 Å². The van der Waals surface area contributed by atoms with Crippen LogP contribution in [-0.2, 0) is 9.53 Å². The molecule has 2 N–H and O–H groups in total. The molecule has 0 aromatic carbocycles. The van der Waals surface area contributed by atoms with E-state index in [9.17, 15) is 4.79 Å². The minimum absolute atomic E-state index is 0.146. The fourth-order valence-electron chi connectivity index (χ4n) is 0.963. The van der Waals surface area contributed by atoms with E-state index in [1.54, 1.807) is 39.8 Å². The van der Waals surface area contributed by atoms with E-state index in [-0.39, 0.29) is 11.9 Å². The van der Waals surface area contributed by atoms with Crippen molar-refractivity contribution in [2.45, 2.75) is 45.3 Å². The van der Waals surface area contributed by atoms with Crippen molar-refractivity contribution in [1.82, 2.24) is 0 Å². The highest BCUT2D eigenvalue weighted by Gasteiger charge is 2.31. The van der Waals surface area contributed by atoms with Gasteiger partial charge in [-0.05, 0) is 34.1 Å². The molecule has 0 aliphatic heterocycles. The van der Waals surface area contributed by atoms with Crippen LogP contribution in [0.25, 0.3) is 0 Å². The van der Waals surface area contributed by atoms with Crippen LogP contribution < -0.4 is 0 Å². The van der Waals surface area contributed by atoms with Crippen molar-refractivity contribution in [2.75, 3.05) is 7.11 Å². The van der Waals surface area contributed by atoms with Crippen LogP contribution in [0.5, 0.6) is 0 Å². The zero-order valence-corrected chi connectivity index (χ0v) is 12.3. The number of carbonyl (C=O) groups excluding carboxylic acids is 1. The zero-order valence-electron chi connectivity index (χ0n) is 12.3. The SMILES string of the molecule is CC(C)(O)C(C)(C)O.[B]C1=CCC(C(=O)OC)C=C1. The third kappa shape index (κ3) is 6.59. The highest BCUT2D eigenvalue weighted by atomic mass is 16.5. The zero-order chi connectivity index (χ0) is 15.3. The van der Waals surface area contributed by atoms with Crippen LogP contribution in [0.15, 0.2) is 23.7 Å². The number of hydrogen-bond acceptors (Lipinski definition) is 4. The summed E-state index contributed by atoms with van der Waals surface area (Å²) in [6.07, 6.45) is 5.96. The van der Waals surface area contributed by atoms with E-state index in [1.807, 2.05) is 6.08 Å². The fourth-order valence-corrected chi connectivity index (χ4v) is 0.963. The van der Waals surface area contributed by atoms with Gasteiger partial charge in [-0.3, -0.25) is 4.79 Å². The summed E-state index contributed by atoms with van der Waals surface area (Å²) in [6, 6.07) is 0. The van der Waals surface area contributed by atoms with Gasteiger partial charge in [-0.25, -0.2) is 0 Å². The molecule has 0 aromatic rings. The molecule has 4 nitrogen and oxygen atoms in total. The van der Waals surface area contributed by atoms with Gasteiger partial charge in [0, 0.05) is 0 Å². The molecule has 1 rings (SSSR count). The number of hydrogen-bond donors (Lipinski definition) is 2. The van der Waals surface area contributed by atoms with Crippen molar-refractivity contribution >= 4 is 13.8 Å². The van der Waals surface area contributed by atoms with E-state index in [4.69, 9.17) is 18.1 Å². The highest BCUT2D eigenvalue weighted by Crippen LogP contribution is 2.19. The molecule has 0 aromatic heterocycles. The second-order valence-corrected chi connectivity index (χ2v) is 5.55. The van der Waals surface area contributed by atoms with Gasteiger partial charge in [-0.15, -0.1) is 5.47 Å². The molecule has 0 fully saturated rings. The van der Waals surface area contributed by atoms with E-state index in [0.29, 0.717) is 11.9 Å². The van der Waals surface area contributed by atoms with Crippen LogP contribution in [-0.4, -0.2) is 42.3 Å². The van der Waals surface area contributed by atoms with Gasteiger partial charge < -0.3 is 14.9 Å². The van der Waals surface area contributed by atoms with E-state index < -0.39 is 11.2 Å². The summed E-state index contributed by atoms with van der Waals surface area (Å²) in [7, 11) is 6.85. The number of ether oxygens (including phenoxy) is 1. The molecular weight excluding hydrogens is 243 g/mol. The second kappa shape index (κ2) is 6.92. The van der Waals surface area contributed by atoms with Crippen LogP contribution in [0.3, 0.4) is 0 Å². The number of carbonyl (C=O) groups is 1. The quantitative estimate of drug-likeness (QED) is 0.584. The number of allylic oxidation sites excluding steroid dienone is 3. The Morgan fingerprint density at radius 3 is 2.05 bits per heavy atom. The molecule has 1 atom stereocenters. The summed E-state index contributed by atoms with van der Waals surface area (Å²) < 4.78 is 4.56. The smallest absolute Gasteiger partial charge is 0.312 e. The highest BCUT2D eigenvalue weighted by molar-refractivity contribution is 6.23. The predicted molar refractivity (Wildman–Crippen MR) is 75.7 cm³/mol. The molecule has 1 unspecified atom stereocenters. The minimum Gasteiger partial charge on any atom is -0.469 e. The maximum atomic E-state index is 10.9. The monoisotopic (exact) mass is 266 g/mol. The molecular formula is C14H23BO4. The second-order valence-electron chi connectivity index (χ2n) is 5.55. The first-order valence-corrected chi connectivity index (χ1v) is 6.15. The molecule has 2 radical (unpaired) electrons. The van der Waals surface area contributed by atoms with Crippen molar-refractivity contribution in [1.29, 1.82) is 0 Å². The lowest BCUT2D eigenvalue weighted by Crippen LogP contribution is -2.44. The Bertz CT molecular complexity index is 347. The van der Waals surface area contributed by atoms with Gasteiger partial charge in [0.1, 0.15) is 7.85 Å². The van der Waals surface area contributed by atoms with Gasteiger partial charge >= 0.3 is 5.97 Å². The minimum atomic E-state index is -1.01. The lowest BCUT2D eigenvalue weighted by molar-refractivity contribution is -0.143. The van der Waals surface area contributed by atoms with Crippen molar-refractivity contribution < 1.29 is 19.7 Å². The summed E-state index contributed by atoms with van der Waals surface area (Å²) in [5, 5.41) is 18.2. The Balaban J connectivity index is 0.000000362.